The number of halogens is 1. The molecule has 0 spiro atoms. The second-order valence-corrected chi connectivity index (χ2v) is 23.4. The van der Waals surface area contributed by atoms with Gasteiger partial charge in [-0.1, -0.05) is 55.6 Å². The maximum absolute atomic E-state index is 14.6. The smallest absolute Gasteiger partial charge is 0.396 e. The number of carbonyl (C=O) groups is 8. The van der Waals surface area contributed by atoms with Gasteiger partial charge in [0, 0.05) is 80.1 Å². The number of β-amino-alcohol motifs (C(OH)–C–C–N with tert-alkyl or cyclic N) is 1. The molecule has 8 rings (SSSR count). The Labute approximate surface area is 488 Å². The van der Waals surface area contributed by atoms with Crippen molar-refractivity contribution in [3.05, 3.63) is 112 Å². The fourth-order valence-corrected chi connectivity index (χ4v) is 11.6. The van der Waals surface area contributed by atoms with Gasteiger partial charge in [0.1, 0.15) is 42.1 Å². The normalized spacial score (nSPS) is 19.6. The molecule has 0 radical (unpaired) electrons. The SMILES string of the molecule is C#Cc1ccc(CNC(=O)[C@@H]2C[C@@H](O)CN2C(=O)[C@@H](c2cc(OCCCc3cccc(OC[C@H](CCC(N)=O)NC(=O)[C@@H]4CC[C@@H]5CCN(C(C)=O)C[C@H](NC(=O)c6cc7cc(C(=O)P(=O)(O)O)ccc7[nH]6)C(=O)N54)c3Cl)no2)C(C)C)cc1. The maximum atomic E-state index is 14.6. The molecule has 0 aliphatic carbocycles. The van der Waals surface area contributed by atoms with E-state index in [9.17, 15) is 57.8 Å². The van der Waals surface area contributed by atoms with Crippen LogP contribution in [0.4, 0.5) is 0 Å². The Balaban J connectivity index is 0.863. The number of aliphatic hydroxyl groups is 1. The van der Waals surface area contributed by atoms with Crippen LogP contribution in [0.5, 0.6) is 11.6 Å². The van der Waals surface area contributed by atoms with E-state index in [1.165, 1.54) is 52.0 Å². The number of rotatable bonds is 23. The molecule has 84 heavy (non-hydrogen) atoms. The van der Waals surface area contributed by atoms with Gasteiger partial charge in [0.15, 0.2) is 5.76 Å². The van der Waals surface area contributed by atoms with Crippen LogP contribution in [0, 0.1) is 18.3 Å². The van der Waals surface area contributed by atoms with Gasteiger partial charge >= 0.3 is 7.60 Å². The van der Waals surface area contributed by atoms with E-state index < -0.39 is 90.8 Å². The molecule has 9 N–H and O–H groups in total. The van der Waals surface area contributed by atoms with Gasteiger partial charge in [0.05, 0.1) is 23.8 Å². The number of amides is 7. The van der Waals surface area contributed by atoms with E-state index in [4.69, 9.17) is 37.8 Å². The van der Waals surface area contributed by atoms with Crippen molar-refractivity contribution in [2.24, 2.45) is 11.7 Å². The van der Waals surface area contributed by atoms with Crippen molar-refractivity contribution in [1.82, 2.24) is 40.8 Å². The molecule has 7 amide bonds. The molecule has 5 aromatic rings. The summed E-state index contributed by atoms with van der Waals surface area (Å²) < 4.78 is 29.4. The van der Waals surface area contributed by atoms with Gasteiger partial charge in [-0.3, -0.25) is 42.9 Å². The molecule has 3 aliphatic heterocycles. The molecule has 3 saturated heterocycles. The van der Waals surface area contributed by atoms with Gasteiger partial charge in [-0.15, -0.1) is 6.42 Å². The molecular weight excluding hydrogens is 1130 g/mol. The molecule has 0 bridgehead atoms. The van der Waals surface area contributed by atoms with Crippen LogP contribution in [0.15, 0.2) is 77.3 Å². The van der Waals surface area contributed by atoms with Crippen LogP contribution in [0.2, 0.25) is 5.02 Å². The summed E-state index contributed by atoms with van der Waals surface area (Å²) in [6, 6.07) is 14.5. The number of terminal acetylenes is 1. The first-order valence-electron chi connectivity index (χ1n) is 27.5. The summed E-state index contributed by atoms with van der Waals surface area (Å²) >= 11 is 6.89. The predicted molar refractivity (Wildman–Crippen MR) is 304 cm³/mol. The van der Waals surface area contributed by atoms with Crippen LogP contribution in [0.3, 0.4) is 0 Å². The zero-order chi connectivity index (χ0) is 60.6. The topological polar surface area (TPSA) is 346 Å². The molecule has 24 nitrogen and oxygen atoms in total. The highest BCUT2D eigenvalue weighted by Gasteiger charge is 2.46. The fraction of sp³-hybridized carbons (Fsp3) is 0.431. The van der Waals surface area contributed by atoms with Gasteiger partial charge < -0.3 is 70.3 Å². The van der Waals surface area contributed by atoms with E-state index in [1.807, 2.05) is 32.0 Å². The number of hydrogen-bond acceptors (Lipinski definition) is 14. The third kappa shape index (κ3) is 15.0. The van der Waals surface area contributed by atoms with Crippen LogP contribution in [0.1, 0.15) is 115 Å². The number of carbonyl (C=O) groups excluding carboxylic acids is 8. The van der Waals surface area contributed by atoms with Crippen LogP contribution in [0.25, 0.3) is 10.9 Å². The minimum absolute atomic E-state index is 0.0295. The lowest BCUT2D eigenvalue weighted by molar-refractivity contribution is -0.145. The molecule has 0 saturated carbocycles. The highest BCUT2D eigenvalue weighted by atomic mass is 35.5. The Morgan fingerprint density at radius 1 is 0.976 bits per heavy atom. The summed E-state index contributed by atoms with van der Waals surface area (Å²) in [6.07, 6.45) is 6.48. The predicted octanol–water partition coefficient (Wildman–Crippen LogP) is 3.68. The van der Waals surface area contributed by atoms with Crippen LogP contribution in [-0.2, 0) is 46.3 Å². The third-order valence-corrected chi connectivity index (χ3v) is 16.4. The Bertz CT molecular complexity index is 3390. The maximum Gasteiger partial charge on any atom is 0.396 e. The lowest BCUT2D eigenvalue weighted by Gasteiger charge is -2.38. The molecule has 5 heterocycles. The van der Waals surface area contributed by atoms with E-state index in [1.54, 1.807) is 24.3 Å². The van der Waals surface area contributed by atoms with Crippen molar-refractivity contribution < 1.29 is 71.8 Å². The molecule has 2 aromatic heterocycles. The van der Waals surface area contributed by atoms with E-state index in [-0.39, 0.29) is 111 Å². The number of aromatic nitrogens is 2. The average molecular weight is 1200 g/mol. The number of primary amides is 1. The molecule has 26 heteroatoms. The number of aliphatic hydroxyl groups excluding tert-OH is 1. The summed E-state index contributed by atoms with van der Waals surface area (Å²) in [5.74, 6) is -1.57. The van der Waals surface area contributed by atoms with Gasteiger partial charge in [-0.2, -0.15) is 0 Å². The summed E-state index contributed by atoms with van der Waals surface area (Å²) in [5.41, 5.74) is 6.42. The highest BCUT2D eigenvalue weighted by molar-refractivity contribution is 7.70. The molecule has 3 aliphatic rings. The zero-order valence-electron chi connectivity index (χ0n) is 46.5. The van der Waals surface area contributed by atoms with Gasteiger partial charge in [0.2, 0.25) is 35.4 Å². The summed E-state index contributed by atoms with van der Waals surface area (Å²) in [6.45, 7) is 5.24. The second-order valence-electron chi connectivity index (χ2n) is 21.6. The molecular formula is C58H67ClN9O15P. The second kappa shape index (κ2) is 27.1. The van der Waals surface area contributed by atoms with Crippen molar-refractivity contribution in [2.45, 2.75) is 121 Å². The highest BCUT2D eigenvalue weighted by Crippen LogP contribution is 2.40. The van der Waals surface area contributed by atoms with Crippen molar-refractivity contribution >= 4 is 77.0 Å². The molecule has 3 fully saturated rings. The number of benzene rings is 3. The zero-order valence-corrected chi connectivity index (χ0v) is 48.1. The lowest BCUT2D eigenvalue weighted by atomic mass is 9.91. The van der Waals surface area contributed by atoms with Crippen molar-refractivity contribution in [3.8, 4) is 24.0 Å². The standard InChI is InChI=1S/C58H67ClN9O15P/c1-5-34-11-13-35(14-12-34)28-61-54(73)46-26-41(70)29-67(46)57(76)51(32(2)3)48-27-50(65-83-48)81-23-7-9-36-8-6-10-47(52(36)59)82-31-39(16-20-49(60)71)62-55(74)45-19-17-40-21-22-66(33(4)69)30-44(56(75)68(40)45)64-53(72)43-25-38-24-37(15-18-42(38)63-43)58(77)84(78,79)80/h1,6,8,10-15,18,24-25,27,32,39-41,44-46,51,63,70H,7,9,16-17,19-23,26,28-31H2,2-4H3,(H2,60,71)(H,61,73)(H,62,74)(H,64,72)(H2,78,79,80)/t39-,40+,41+,44-,45-,46-,51+/m0/s1. The Kier molecular flexibility index (Phi) is 20.0. The minimum Gasteiger partial charge on any atom is -0.490 e. The average Bonchev–Trinajstić information content (AvgIpc) is 2.62. The number of aromatic amines is 1. The van der Waals surface area contributed by atoms with Crippen LogP contribution in [-0.4, -0.2) is 156 Å². The van der Waals surface area contributed by atoms with E-state index in [2.05, 4.69) is 32.0 Å². The number of nitrogens with one attached hydrogen (secondary N) is 4. The minimum atomic E-state index is -5.09. The number of H-pyrrole nitrogens is 1. The number of fused-ring (bicyclic) bond motifs is 2. The lowest BCUT2D eigenvalue weighted by Crippen LogP contribution is -2.61. The monoisotopic (exact) mass is 1200 g/mol. The molecule has 3 aromatic carbocycles. The quantitative estimate of drug-likeness (QED) is 0.0263. The Morgan fingerprint density at radius 3 is 2.44 bits per heavy atom. The number of ether oxygens (including phenoxy) is 2. The summed E-state index contributed by atoms with van der Waals surface area (Å²) in [7, 11) is -5.09. The van der Waals surface area contributed by atoms with Crippen LogP contribution >= 0.6 is 19.2 Å². The molecule has 7 atom stereocenters. The van der Waals surface area contributed by atoms with E-state index >= 15 is 0 Å². The first kappa shape index (κ1) is 62.0. The number of hydrogen-bond donors (Lipinski definition) is 8. The third-order valence-electron chi connectivity index (χ3n) is 15.2. The van der Waals surface area contributed by atoms with Gasteiger partial charge in [-0.05, 0) is 103 Å². The van der Waals surface area contributed by atoms with Crippen molar-refractivity contribution in [2.75, 3.05) is 32.8 Å². The van der Waals surface area contributed by atoms with Gasteiger partial charge in [-0.25, -0.2) is 0 Å². The fourth-order valence-electron chi connectivity index (χ4n) is 10.9. The summed E-state index contributed by atoms with van der Waals surface area (Å²) in [4.78, 5) is 133. The van der Waals surface area contributed by atoms with E-state index in [0.717, 1.165) is 5.56 Å². The molecule has 0 unspecified atom stereocenters. The Morgan fingerprint density at radius 2 is 1.74 bits per heavy atom. The number of nitrogens with zero attached hydrogens (tertiary/aromatic N) is 4. The number of likely N-dealkylation sites (tertiary alicyclic amines) is 1. The van der Waals surface area contributed by atoms with Gasteiger partial charge in [0.25, 0.3) is 17.3 Å². The van der Waals surface area contributed by atoms with Crippen LogP contribution < -0.4 is 31.2 Å². The first-order valence-corrected chi connectivity index (χ1v) is 29.5. The Hall–Kier alpha value is -8.07. The van der Waals surface area contributed by atoms with Crippen molar-refractivity contribution in [1.29, 1.82) is 0 Å². The number of aryl methyl sites for hydroxylation is 1. The first-order chi connectivity index (χ1) is 40.0. The van der Waals surface area contributed by atoms with E-state index in [0.29, 0.717) is 47.3 Å². The summed E-state index contributed by atoms with van der Waals surface area (Å²) in [5, 5.41) is 23.8. The largest absolute Gasteiger partial charge is 0.490 e. The number of nitrogens with two attached hydrogens (primary N) is 1. The molecule has 446 valence electrons. The van der Waals surface area contributed by atoms with Crippen molar-refractivity contribution in [3.63, 3.8) is 0 Å².